The molecule has 48 heavy (non-hydrogen) atoms. The maximum Gasteiger partial charge on any atom is 0.416 e. The van der Waals surface area contributed by atoms with Gasteiger partial charge in [0, 0.05) is 48.3 Å². The molecule has 1 aromatic heterocycles. The molecule has 2 amide bonds. The van der Waals surface area contributed by atoms with E-state index < -0.39 is 17.3 Å². The number of ether oxygens (including phenoxy) is 1. The molecule has 10 heteroatoms. The predicted molar refractivity (Wildman–Crippen MR) is 181 cm³/mol. The number of likely N-dealkylation sites (tertiary alicyclic amines) is 1. The van der Waals surface area contributed by atoms with Crippen molar-refractivity contribution in [3.05, 3.63) is 95.2 Å². The van der Waals surface area contributed by atoms with Gasteiger partial charge in [0.15, 0.2) is 0 Å². The van der Waals surface area contributed by atoms with Crippen molar-refractivity contribution in [1.29, 1.82) is 0 Å². The Kier molecular flexibility index (Phi) is 8.83. The van der Waals surface area contributed by atoms with Gasteiger partial charge in [-0.05, 0) is 97.7 Å². The molecular weight excluding hydrogens is 617 g/mol. The number of rotatable bonds is 9. The Labute approximate surface area is 279 Å². The molecule has 1 saturated carbocycles. The topological polar surface area (TPSA) is 77.7 Å². The number of carbonyl (C=O) groups is 2. The average Bonchev–Trinajstić information content (AvgIpc) is 3.40. The Morgan fingerprint density at radius 3 is 2.27 bits per heavy atom. The first-order valence-corrected chi connectivity index (χ1v) is 16.4. The number of methoxy groups -OCH3 is 1. The van der Waals surface area contributed by atoms with Gasteiger partial charge in [-0.15, -0.1) is 0 Å². The number of nitrogens with one attached hydrogen (secondary N) is 2. The molecule has 2 heterocycles. The lowest BCUT2D eigenvalue weighted by Gasteiger charge is -2.47. The summed E-state index contributed by atoms with van der Waals surface area (Å²) in [4.78, 5) is 36.4. The van der Waals surface area contributed by atoms with Gasteiger partial charge in [0.05, 0.1) is 12.7 Å². The molecule has 3 aromatic carbocycles. The maximum atomic E-state index is 14.7. The van der Waals surface area contributed by atoms with E-state index >= 15 is 0 Å². The van der Waals surface area contributed by atoms with E-state index in [1.54, 1.807) is 36.3 Å². The Bertz CT molecular complexity index is 1790. The van der Waals surface area contributed by atoms with Crippen molar-refractivity contribution in [3.8, 4) is 5.75 Å². The maximum absolute atomic E-state index is 14.7. The summed E-state index contributed by atoms with van der Waals surface area (Å²) < 4.78 is 45.6. The largest absolute Gasteiger partial charge is 0.497 e. The first kappa shape index (κ1) is 33.6. The third kappa shape index (κ3) is 6.30. The number of hydrogen-bond donors (Lipinski definition) is 2. The number of para-hydroxylation sites is 1. The second-order valence-corrected chi connectivity index (χ2v) is 14.0. The Morgan fingerprint density at radius 2 is 1.65 bits per heavy atom. The van der Waals surface area contributed by atoms with Gasteiger partial charge in [0.2, 0.25) is 11.8 Å². The molecule has 2 atom stereocenters. The van der Waals surface area contributed by atoms with Gasteiger partial charge >= 0.3 is 6.18 Å². The number of hydrogen-bond acceptors (Lipinski definition) is 4. The van der Waals surface area contributed by atoms with Gasteiger partial charge in [-0.25, -0.2) is 0 Å². The summed E-state index contributed by atoms with van der Waals surface area (Å²) in [7, 11) is 3.55. The summed E-state index contributed by atoms with van der Waals surface area (Å²) in [5.41, 5.74) is 2.32. The average molecular weight is 661 g/mol. The molecule has 0 spiro atoms. The van der Waals surface area contributed by atoms with Gasteiger partial charge in [-0.1, -0.05) is 44.2 Å². The van der Waals surface area contributed by atoms with Crippen molar-refractivity contribution in [2.45, 2.75) is 64.2 Å². The van der Waals surface area contributed by atoms with Gasteiger partial charge in [0.1, 0.15) is 11.3 Å². The van der Waals surface area contributed by atoms with Gasteiger partial charge in [-0.3, -0.25) is 9.59 Å². The van der Waals surface area contributed by atoms with Crippen molar-refractivity contribution in [1.82, 2.24) is 14.8 Å². The first-order valence-electron chi connectivity index (χ1n) is 16.4. The normalized spacial score (nSPS) is 20.3. The molecule has 2 aliphatic rings. The highest BCUT2D eigenvalue weighted by molar-refractivity contribution is 6.01. The highest BCUT2D eigenvalue weighted by Crippen LogP contribution is 2.67. The number of amides is 2. The van der Waals surface area contributed by atoms with Crippen molar-refractivity contribution >= 4 is 28.4 Å². The van der Waals surface area contributed by atoms with Crippen LogP contribution >= 0.6 is 0 Å². The van der Waals surface area contributed by atoms with E-state index in [-0.39, 0.29) is 42.0 Å². The van der Waals surface area contributed by atoms with Crippen LogP contribution in [0.5, 0.6) is 5.75 Å². The van der Waals surface area contributed by atoms with Crippen LogP contribution in [0.25, 0.3) is 10.9 Å². The number of benzene rings is 3. The van der Waals surface area contributed by atoms with Crippen LogP contribution in [0.1, 0.15) is 61.4 Å². The fraction of sp³-hybridized carbons (Fsp3) is 0.421. The molecule has 7 nitrogen and oxygen atoms in total. The summed E-state index contributed by atoms with van der Waals surface area (Å²) >= 11 is 0. The molecule has 2 fully saturated rings. The van der Waals surface area contributed by atoms with E-state index in [0.717, 1.165) is 28.7 Å². The standard InChI is InChI=1S/C38H43F3N4O3/c1-24-33(29-8-6-7-9-31(29)42-24)34-30(36(34,2)3)22-32(46)45(23-25-10-12-26(13-11-25)38(39,40)41)37(18-20-44(4)21-19-37)35(47)43-27-14-16-28(48-5)17-15-27/h6-17,30,34,42H,18-23H2,1-5H3,(H,43,47)/t30-,34+/m1/s1. The quantitative estimate of drug-likeness (QED) is 0.192. The number of nitrogens with zero attached hydrogens (tertiary/aromatic N) is 2. The number of carbonyl (C=O) groups excluding carboxylic acids is 2. The molecule has 1 aliphatic carbocycles. The lowest BCUT2D eigenvalue weighted by molar-refractivity contribution is -0.150. The second kappa shape index (κ2) is 12.6. The number of aryl methyl sites for hydroxylation is 1. The number of H-pyrrole nitrogens is 1. The van der Waals surface area contributed by atoms with Crippen molar-refractivity contribution in [2.24, 2.45) is 11.3 Å². The predicted octanol–water partition coefficient (Wildman–Crippen LogP) is 7.77. The van der Waals surface area contributed by atoms with Gasteiger partial charge in [0.25, 0.3) is 0 Å². The minimum Gasteiger partial charge on any atom is -0.497 e. The molecule has 1 aliphatic heterocycles. The summed E-state index contributed by atoms with van der Waals surface area (Å²) in [6.07, 6.45) is -3.49. The van der Waals surface area contributed by atoms with Gasteiger partial charge in [-0.2, -0.15) is 13.2 Å². The SMILES string of the molecule is COc1ccc(NC(=O)C2(N(Cc3ccc(C(F)(F)F)cc3)C(=O)C[C@@H]3[C@@H](c4c(C)[nH]c5ccccc45)C3(C)C)CCN(C)CC2)cc1. The fourth-order valence-electron chi connectivity index (χ4n) is 7.69. The molecule has 0 unspecified atom stereocenters. The smallest absolute Gasteiger partial charge is 0.416 e. The Hall–Kier alpha value is -4.31. The zero-order chi connectivity index (χ0) is 34.4. The summed E-state index contributed by atoms with van der Waals surface area (Å²) in [5, 5.41) is 4.20. The highest BCUT2D eigenvalue weighted by Gasteiger charge is 2.60. The number of alkyl halides is 3. The van der Waals surface area contributed by atoms with Crippen LogP contribution in [0.3, 0.4) is 0 Å². The van der Waals surface area contributed by atoms with E-state index in [1.165, 1.54) is 17.7 Å². The molecule has 254 valence electrons. The Balaban J connectivity index is 1.35. The zero-order valence-corrected chi connectivity index (χ0v) is 28.1. The van der Waals surface area contributed by atoms with E-state index in [0.29, 0.717) is 42.9 Å². The molecule has 0 bridgehead atoms. The third-order valence-electron chi connectivity index (χ3n) is 10.7. The molecule has 1 saturated heterocycles. The monoisotopic (exact) mass is 660 g/mol. The van der Waals surface area contributed by atoms with E-state index in [1.807, 2.05) is 19.2 Å². The summed E-state index contributed by atoms with van der Waals surface area (Å²) in [5.74, 6) is 0.314. The van der Waals surface area contributed by atoms with Crippen LogP contribution in [0.4, 0.5) is 18.9 Å². The molecule has 6 rings (SSSR count). The molecule has 2 N–H and O–H groups in total. The third-order valence-corrected chi connectivity index (χ3v) is 10.7. The van der Waals surface area contributed by atoms with Crippen LogP contribution in [0, 0.1) is 18.3 Å². The van der Waals surface area contributed by atoms with Crippen molar-refractivity contribution in [2.75, 3.05) is 32.6 Å². The number of piperidine rings is 1. The Morgan fingerprint density at radius 1 is 1.00 bits per heavy atom. The van der Waals surface area contributed by atoms with Crippen LogP contribution < -0.4 is 10.1 Å². The minimum absolute atomic E-state index is 0.0145. The van der Waals surface area contributed by atoms with E-state index in [9.17, 15) is 22.8 Å². The number of halogens is 3. The highest BCUT2D eigenvalue weighted by atomic mass is 19.4. The van der Waals surface area contributed by atoms with E-state index in [4.69, 9.17) is 4.74 Å². The molecular formula is C38H43F3N4O3. The van der Waals surface area contributed by atoms with Crippen LogP contribution in [0.2, 0.25) is 0 Å². The lowest BCUT2D eigenvalue weighted by atomic mass is 9.83. The minimum atomic E-state index is -4.48. The number of aromatic amines is 1. The zero-order valence-electron chi connectivity index (χ0n) is 28.1. The van der Waals surface area contributed by atoms with Crippen molar-refractivity contribution in [3.63, 3.8) is 0 Å². The van der Waals surface area contributed by atoms with Crippen LogP contribution in [-0.2, 0) is 22.3 Å². The number of aromatic nitrogens is 1. The lowest BCUT2D eigenvalue weighted by Crippen LogP contribution is -2.62. The van der Waals surface area contributed by atoms with Crippen LogP contribution in [-0.4, -0.2) is 59.4 Å². The van der Waals surface area contributed by atoms with Gasteiger partial charge < -0.3 is 24.8 Å². The van der Waals surface area contributed by atoms with E-state index in [2.05, 4.69) is 48.1 Å². The number of anilines is 1. The molecule has 4 aromatic rings. The number of fused-ring (bicyclic) bond motifs is 1. The first-order chi connectivity index (χ1) is 22.7. The van der Waals surface area contributed by atoms with Crippen molar-refractivity contribution < 1.29 is 27.5 Å². The molecule has 0 radical (unpaired) electrons. The summed E-state index contributed by atoms with van der Waals surface area (Å²) in [6, 6.07) is 20.1. The van der Waals surface area contributed by atoms with Crippen LogP contribution in [0.15, 0.2) is 72.8 Å². The fourth-order valence-corrected chi connectivity index (χ4v) is 7.69. The second-order valence-electron chi connectivity index (χ2n) is 14.0. The summed E-state index contributed by atoms with van der Waals surface area (Å²) in [6.45, 7) is 7.60.